The van der Waals surface area contributed by atoms with E-state index < -0.39 is 5.56 Å². The minimum atomic E-state index is -0.461. The summed E-state index contributed by atoms with van der Waals surface area (Å²) in [6.45, 7) is 4.82. The Labute approximate surface area is 159 Å². The van der Waals surface area contributed by atoms with Gasteiger partial charge in [0.25, 0.3) is 11.5 Å². The molecular weight excluding hydrogens is 366 g/mol. The molecule has 0 saturated carbocycles. The predicted octanol–water partition coefficient (Wildman–Crippen LogP) is 0.579. The average molecular weight is 385 g/mol. The number of aryl methyl sites for hydroxylation is 2. The molecule has 1 aliphatic heterocycles. The zero-order valence-corrected chi connectivity index (χ0v) is 15.5. The maximum absolute atomic E-state index is 12.6. The van der Waals surface area contributed by atoms with Crippen LogP contribution in [0.5, 0.6) is 0 Å². The van der Waals surface area contributed by atoms with Gasteiger partial charge in [-0.3, -0.25) is 14.4 Å². The van der Waals surface area contributed by atoms with Crippen molar-refractivity contribution >= 4 is 22.7 Å². The lowest BCUT2D eigenvalue weighted by molar-refractivity contribution is -0.133. The summed E-state index contributed by atoms with van der Waals surface area (Å²) >= 11 is 0. The molecule has 1 fully saturated rings. The molecule has 0 aliphatic carbocycles. The molecule has 1 saturated heterocycles. The van der Waals surface area contributed by atoms with Crippen molar-refractivity contribution in [3.8, 4) is 0 Å². The third-order valence-corrected chi connectivity index (χ3v) is 4.87. The summed E-state index contributed by atoms with van der Waals surface area (Å²) < 4.78 is 11.3. The number of nitrogens with zero attached hydrogens (tertiary/aromatic N) is 5. The summed E-state index contributed by atoms with van der Waals surface area (Å²) in [5, 5.41) is 8.59. The molecule has 0 N–H and O–H groups in total. The van der Waals surface area contributed by atoms with Crippen molar-refractivity contribution in [2.75, 3.05) is 26.2 Å². The van der Waals surface area contributed by atoms with Gasteiger partial charge in [0.05, 0.1) is 17.3 Å². The van der Waals surface area contributed by atoms with Crippen molar-refractivity contribution in [1.29, 1.82) is 0 Å². The van der Waals surface area contributed by atoms with Crippen LogP contribution in [0.2, 0.25) is 0 Å². The molecule has 2 amide bonds. The summed E-state index contributed by atoms with van der Waals surface area (Å²) in [6.07, 6.45) is 1.45. The monoisotopic (exact) mass is 385 g/mol. The second-order valence-corrected chi connectivity index (χ2v) is 6.66. The van der Waals surface area contributed by atoms with Gasteiger partial charge in [0.1, 0.15) is 12.3 Å². The number of furan rings is 1. The number of carbonyl (C=O) groups excluding carboxylic acids is 2. The fourth-order valence-corrected chi connectivity index (χ4v) is 3.39. The normalized spacial score (nSPS) is 14.6. The van der Waals surface area contributed by atoms with Crippen LogP contribution in [0, 0.1) is 13.8 Å². The highest BCUT2D eigenvalue weighted by atomic mass is 16.5. The van der Waals surface area contributed by atoms with Crippen LogP contribution in [-0.4, -0.2) is 62.7 Å². The van der Waals surface area contributed by atoms with E-state index in [0.29, 0.717) is 43.0 Å². The molecular formula is C18H19N5O5. The van der Waals surface area contributed by atoms with E-state index in [-0.39, 0.29) is 29.6 Å². The summed E-state index contributed by atoms with van der Waals surface area (Å²) in [6, 6.07) is 3.27. The van der Waals surface area contributed by atoms with Crippen molar-refractivity contribution in [1.82, 2.24) is 24.7 Å². The van der Waals surface area contributed by atoms with Gasteiger partial charge in [-0.2, -0.15) is 5.10 Å². The molecule has 3 aromatic rings. The van der Waals surface area contributed by atoms with Crippen molar-refractivity contribution in [2.24, 2.45) is 0 Å². The zero-order valence-electron chi connectivity index (χ0n) is 15.5. The Hall–Kier alpha value is -3.43. The molecule has 0 aromatic carbocycles. The molecule has 4 heterocycles. The van der Waals surface area contributed by atoms with Gasteiger partial charge in [0, 0.05) is 26.2 Å². The first-order valence-corrected chi connectivity index (χ1v) is 8.90. The molecule has 28 heavy (non-hydrogen) atoms. The minimum absolute atomic E-state index is 0.173. The molecule has 0 bridgehead atoms. The van der Waals surface area contributed by atoms with Crippen LogP contribution < -0.4 is 5.56 Å². The van der Waals surface area contributed by atoms with Crippen molar-refractivity contribution in [3.05, 3.63) is 46.0 Å². The first-order valence-electron chi connectivity index (χ1n) is 8.90. The van der Waals surface area contributed by atoms with Crippen LogP contribution in [0.3, 0.4) is 0 Å². The van der Waals surface area contributed by atoms with E-state index in [2.05, 4.69) is 10.3 Å². The lowest BCUT2D eigenvalue weighted by Crippen LogP contribution is -2.51. The first-order chi connectivity index (χ1) is 13.5. The van der Waals surface area contributed by atoms with E-state index in [9.17, 15) is 14.4 Å². The van der Waals surface area contributed by atoms with E-state index >= 15 is 0 Å². The average Bonchev–Trinajstić information content (AvgIpc) is 3.35. The van der Waals surface area contributed by atoms with Crippen LogP contribution in [0.4, 0.5) is 0 Å². The Morgan fingerprint density at radius 1 is 1.14 bits per heavy atom. The first kappa shape index (κ1) is 18.0. The Balaban J connectivity index is 1.44. The third-order valence-electron chi connectivity index (χ3n) is 4.87. The number of piperazine rings is 1. The van der Waals surface area contributed by atoms with Gasteiger partial charge in [0.15, 0.2) is 11.3 Å². The van der Waals surface area contributed by atoms with Crippen LogP contribution in [-0.2, 0) is 11.3 Å². The quantitative estimate of drug-likeness (QED) is 0.648. The molecule has 3 aromatic heterocycles. The van der Waals surface area contributed by atoms with E-state index in [1.807, 2.05) is 0 Å². The van der Waals surface area contributed by atoms with Crippen molar-refractivity contribution < 1.29 is 18.5 Å². The van der Waals surface area contributed by atoms with Gasteiger partial charge in [-0.05, 0) is 26.0 Å². The van der Waals surface area contributed by atoms with Gasteiger partial charge in [-0.1, -0.05) is 5.16 Å². The van der Waals surface area contributed by atoms with Crippen LogP contribution in [0.15, 0.2) is 32.1 Å². The molecule has 0 atom stereocenters. The Bertz CT molecular complexity index is 1090. The van der Waals surface area contributed by atoms with Crippen molar-refractivity contribution in [2.45, 2.75) is 20.4 Å². The molecule has 1 aliphatic rings. The summed E-state index contributed by atoms with van der Waals surface area (Å²) in [5.74, 6) is 0.367. The molecule has 4 rings (SSSR count). The van der Waals surface area contributed by atoms with E-state index in [1.54, 1.807) is 35.8 Å². The summed E-state index contributed by atoms with van der Waals surface area (Å²) in [5.41, 5.74) is 0.291. The third kappa shape index (κ3) is 3.06. The zero-order chi connectivity index (χ0) is 19.8. The second-order valence-electron chi connectivity index (χ2n) is 6.66. The smallest absolute Gasteiger partial charge is 0.297 e. The lowest BCUT2D eigenvalue weighted by Gasteiger charge is -2.34. The highest BCUT2D eigenvalue weighted by Gasteiger charge is 2.27. The lowest BCUT2D eigenvalue weighted by atomic mass is 10.2. The Kier molecular flexibility index (Phi) is 4.46. The highest BCUT2D eigenvalue weighted by molar-refractivity contribution is 5.91. The molecule has 10 heteroatoms. The van der Waals surface area contributed by atoms with Crippen LogP contribution >= 0.6 is 0 Å². The predicted molar refractivity (Wildman–Crippen MR) is 96.7 cm³/mol. The van der Waals surface area contributed by atoms with Crippen LogP contribution in [0.1, 0.15) is 22.0 Å². The Morgan fingerprint density at radius 2 is 1.86 bits per heavy atom. The number of fused-ring (bicyclic) bond motifs is 1. The molecule has 0 radical (unpaired) electrons. The molecule has 146 valence electrons. The maximum Gasteiger partial charge on any atom is 0.297 e. The number of carbonyl (C=O) groups is 2. The number of rotatable bonds is 3. The number of aromatic nitrogens is 3. The molecule has 10 nitrogen and oxygen atoms in total. The standard InChI is InChI=1S/C18H19N5O5/c1-11-15-12(2)28-20-16(15)18(26)23(19-11)10-14(24)21-5-7-22(8-6-21)17(25)13-4-3-9-27-13/h3-4,9H,5-8,10H2,1-2H3. The van der Waals surface area contributed by atoms with Gasteiger partial charge in [0.2, 0.25) is 5.91 Å². The van der Waals surface area contributed by atoms with E-state index in [4.69, 9.17) is 8.94 Å². The Morgan fingerprint density at radius 3 is 2.54 bits per heavy atom. The van der Waals surface area contributed by atoms with Gasteiger partial charge < -0.3 is 18.7 Å². The van der Waals surface area contributed by atoms with Gasteiger partial charge in [-0.25, -0.2) is 4.68 Å². The van der Waals surface area contributed by atoms with E-state index in [1.165, 1.54) is 6.26 Å². The van der Waals surface area contributed by atoms with Crippen molar-refractivity contribution in [3.63, 3.8) is 0 Å². The number of hydrogen-bond donors (Lipinski definition) is 0. The second kappa shape index (κ2) is 6.95. The summed E-state index contributed by atoms with van der Waals surface area (Å²) in [4.78, 5) is 40.7. The van der Waals surface area contributed by atoms with Gasteiger partial charge >= 0.3 is 0 Å². The molecule has 0 unspecified atom stereocenters. The van der Waals surface area contributed by atoms with Gasteiger partial charge in [-0.15, -0.1) is 0 Å². The summed E-state index contributed by atoms with van der Waals surface area (Å²) in [7, 11) is 0. The maximum atomic E-state index is 12.6. The topological polar surface area (TPSA) is 115 Å². The fourth-order valence-electron chi connectivity index (χ4n) is 3.39. The fraction of sp³-hybridized carbons (Fsp3) is 0.389. The number of hydrogen-bond acceptors (Lipinski definition) is 7. The van der Waals surface area contributed by atoms with Crippen LogP contribution in [0.25, 0.3) is 10.9 Å². The number of amides is 2. The highest BCUT2D eigenvalue weighted by Crippen LogP contribution is 2.16. The SMILES string of the molecule is Cc1nn(CC(=O)N2CCN(C(=O)c3ccco3)CC2)c(=O)c2noc(C)c12. The van der Waals surface area contributed by atoms with E-state index in [0.717, 1.165) is 4.68 Å². The molecule has 0 spiro atoms. The largest absolute Gasteiger partial charge is 0.459 e. The minimum Gasteiger partial charge on any atom is -0.459 e.